The van der Waals surface area contributed by atoms with Crippen molar-refractivity contribution in [1.82, 2.24) is 0 Å². The third-order valence-corrected chi connectivity index (χ3v) is 4.03. The normalized spacial score (nSPS) is 10.3. The second kappa shape index (κ2) is 7.36. The van der Waals surface area contributed by atoms with E-state index in [2.05, 4.69) is 26.6 Å². The van der Waals surface area contributed by atoms with Crippen molar-refractivity contribution in [3.63, 3.8) is 0 Å². The summed E-state index contributed by atoms with van der Waals surface area (Å²) in [4.78, 5) is 11.9. The minimum atomic E-state index is -0.274. The molecule has 0 spiro atoms. The summed E-state index contributed by atoms with van der Waals surface area (Å²) in [5.41, 5.74) is 1.06. The Morgan fingerprint density at radius 2 is 1.71 bits per heavy atom. The molecule has 0 aliphatic heterocycles. The average Bonchev–Trinajstić information content (AvgIpc) is 2.42. The summed E-state index contributed by atoms with van der Waals surface area (Å²) in [7, 11) is 0. The third-order valence-electron chi connectivity index (χ3n) is 2.60. The molecule has 0 radical (unpaired) electrons. The lowest BCUT2D eigenvalue weighted by molar-refractivity contribution is -0.114. The first-order valence-electron chi connectivity index (χ1n) is 5.90. The third kappa shape index (κ3) is 4.51. The molecule has 7 heteroatoms. The van der Waals surface area contributed by atoms with Gasteiger partial charge in [0.2, 0.25) is 5.91 Å². The molecule has 0 unspecified atom stereocenters. The van der Waals surface area contributed by atoms with Crippen LogP contribution in [0.1, 0.15) is 0 Å². The van der Waals surface area contributed by atoms with Gasteiger partial charge in [-0.15, -0.1) is 0 Å². The highest BCUT2D eigenvalue weighted by molar-refractivity contribution is 9.10. The van der Waals surface area contributed by atoms with Gasteiger partial charge in [-0.1, -0.05) is 56.8 Å². The summed E-state index contributed by atoms with van der Waals surface area (Å²) in [5.74, 6) is -0.274. The Morgan fingerprint density at radius 3 is 2.33 bits per heavy atom. The van der Waals surface area contributed by atoms with Gasteiger partial charge in [0.05, 0.1) is 33.0 Å². The van der Waals surface area contributed by atoms with Gasteiger partial charge in [0.25, 0.3) is 0 Å². The lowest BCUT2D eigenvalue weighted by atomic mass is 10.3. The molecule has 0 heterocycles. The van der Waals surface area contributed by atoms with Crippen molar-refractivity contribution in [1.29, 1.82) is 0 Å². The fraction of sp³-hybridized carbons (Fsp3) is 0.0714. The minimum absolute atomic E-state index is 0.0445. The fourth-order valence-electron chi connectivity index (χ4n) is 1.61. The molecule has 2 aromatic carbocycles. The summed E-state index contributed by atoms with van der Waals surface area (Å²) >= 11 is 21.3. The highest BCUT2D eigenvalue weighted by Gasteiger charge is 2.10. The van der Waals surface area contributed by atoms with Crippen LogP contribution >= 0.6 is 50.7 Å². The van der Waals surface area contributed by atoms with Crippen molar-refractivity contribution in [2.45, 2.75) is 0 Å². The molecule has 110 valence electrons. The number of nitrogens with one attached hydrogen (secondary N) is 2. The van der Waals surface area contributed by atoms with E-state index < -0.39 is 0 Å². The maximum absolute atomic E-state index is 11.9. The number of halogens is 4. The Bertz CT molecular complexity index is 659. The number of carbonyl (C=O) groups is 1. The number of benzene rings is 2. The number of hydrogen-bond acceptors (Lipinski definition) is 2. The molecule has 2 N–H and O–H groups in total. The fourth-order valence-corrected chi connectivity index (χ4v) is 2.84. The van der Waals surface area contributed by atoms with Gasteiger partial charge in [-0.25, -0.2) is 0 Å². The maximum atomic E-state index is 11.9. The van der Waals surface area contributed by atoms with Crippen LogP contribution in [-0.4, -0.2) is 12.5 Å². The number of amides is 1. The van der Waals surface area contributed by atoms with E-state index >= 15 is 0 Å². The molecule has 0 saturated heterocycles. The Morgan fingerprint density at radius 1 is 1.05 bits per heavy atom. The Labute approximate surface area is 145 Å². The SMILES string of the molecule is O=C(CNc1ccc(Br)cc1Cl)Nc1c(Cl)cccc1Cl. The van der Waals surface area contributed by atoms with E-state index in [1.54, 1.807) is 30.3 Å². The topological polar surface area (TPSA) is 41.1 Å². The molecular formula is C14H10BrCl3N2O. The van der Waals surface area contributed by atoms with Crippen LogP contribution in [0.25, 0.3) is 0 Å². The molecule has 0 aliphatic rings. The van der Waals surface area contributed by atoms with Gasteiger partial charge in [-0.2, -0.15) is 0 Å². The van der Waals surface area contributed by atoms with Crippen molar-refractivity contribution in [3.8, 4) is 0 Å². The van der Waals surface area contributed by atoms with E-state index in [1.165, 1.54) is 0 Å². The largest absolute Gasteiger partial charge is 0.375 e. The van der Waals surface area contributed by atoms with Gasteiger partial charge >= 0.3 is 0 Å². The molecule has 1 amide bonds. The standard InChI is InChI=1S/C14H10BrCl3N2O/c15-8-4-5-12(11(18)6-8)19-7-13(21)20-14-9(16)2-1-3-10(14)17/h1-6,19H,7H2,(H,20,21). The van der Waals surface area contributed by atoms with Crippen molar-refractivity contribution < 1.29 is 4.79 Å². The molecule has 0 fully saturated rings. The number of para-hydroxylation sites is 1. The first-order chi connectivity index (χ1) is 9.97. The molecule has 0 saturated carbocycles. The summed E-state index contributed by atoms with van der Waals surface area (Å²) in [6.07, 6.45) is 0. The predicted octanol–water partition coefficient (Wildman–Crippen LogP) is 5.46. The summed E-state index contributed by atoms with van der Waals surface area (Å²) in [5, 5.41) is 6.90. The monoisotopic (exact) mass is 406 g/mol. The molecule has 0 aliphatic carbocycles. The van der Waals surface area contributed by atoms with E-state index in [0.717, 1.165) is 4.47 Å². The first kappa shape index (κ1) is 16.4. The molecule has 2 rings (SSSR count). The van der Waals surface area contributed by atoms with Gasteiger partial charge in [0.1, 0.15) is 0 Å². The number of hydrogen-bond donors (Lipinski definition) is 2. The Hall–Kier alpha value is -0.940. The lowest BCUT2D eigenvalue weighted by Gasteiger charge is -2.11. The zero-order chi connectivity index (χ0) is 15.4. The van der Waals surface area contributed by atoms with E-state index in [9.17, 15) is 4.79 Å². The van der Waals surface area contributed by atoms with Crippen LogP contribution in [0.5, 0.6) is 0 Å². The number of anilines is 2. The van der Waals surface area contributed by atoms with Crippen molar-refractivity contribution >= 4 is 68.0 Å². The number of carbonyl (C=O) groups excluding carboxylic acids is 1. The molecule has 2 aromatic rings. The molecule has 3 nitrogen and oxygen atoms in total. The maximum Gasteiger partial charge on any atom is 0.243 e. The first-order valence-corrected chi connectivity index (χ1v) is 7.83. The van der Waals surface area contributed by atoms with Crippen LogP contribution < -0.4 is 10.6 Å². The second-order valence-electron chi connectivity index (χ2n) is 4.12. The molecule has 21 heavy (non-hydrogen) atoms. The van der Waals surface area contributed by atoms with E-state index in [0.29, 0.717) is 26.4 Å². The quantitative estimate of drug-likeness (QED) is 0.705. The highest BCUT2D eigenvalue weighted by atomic mass is 79.9. The van der Waals surface area contributed by atoms with E-state index in [1.807, 2.05) is 6.07 Å². The predicted molar refractivity (Wildman–Crippen MR) is 92.7 cm³/mol. The van der Waals surface area contributed by atoms with Crippen LogP contribution in [0, 0.1) is 0 Å². The van der Waals surface area contributed by atoms with Gasteiger partial charge < -0.3 is 10.6 Å². The van der Waals surface area contributed by atoms with Crippen LogP contribution in [0.3, 0.4) is 0 Å². The number of rotatable bonds is 4. The van der Waals surface area contributed by atoms with Crippen molar-refractivity contribution in [2.24, 2.45) is 0 Å². The lowest BCUT2D eigenvalue weighted by Crippen LogP contribution is -2.22. The molecule has 0 aromatic heterocycles. The Balaban J connectivity index is 1.99. The van der Waals surface area contributed by atoms with Crippen LogP contribution in [-0.2, 0) is 4.79 Å². The van der Waals surface area contributed by atoms with Crippen molar-refractivity contribution in [2.75, 3.05) is 17.2 Å². The van der Waals surface area contributed by atoms with Crippen LogP contribution in [0.2, 0.25) is 15.1 Å². The highest BCUT2D eigenvalue weighted by Crippen LogP contribution is 2.30. The summed E-state index contributed by atoms with van der Waals surface area (Å²) in [6.45, 7) is 0.0445. The average molecular weight is 409 g/mol. The molecular weight excluding hydrogens is 398 g/mol. The van der Waals surface area contributed by atoms with Gasteiger partial charge in [-0.05, 0) is 30.3 Å². The van der Waals surface area contributed by atoms with E-state index in [-0.39, 0.29) is 12.5 Å². The van der Waals surface area contributed by atoms with E-state index in [4.69, 9.17) is 34.8 Å². The van der Waals surface area contributed by atoms with Gasteiger partial charge in [-0.3, -0.25) is 4.79 Å². The minimum Gasteiger partial charge on any atom is -0.375 e. The van der Waals surface area contributed by atoms with Crippen LogP contribution in [0.4, 0.5) is 11.4 Å². The summed E-state index contributed by atoms with van der Waals surface area (Å²) in [6, 6.07) is 10.4. The second-order valence-corrected chi connectivity index (χ2v) is 6.26. The molecule has 0 bridgehead atoms. The van der Waals surface area contributed by atoms with Crippen LogP contribution in [0.15, 0.2) is 40.9 Å². The molecule has 0 atom stereocenters. The Kier molecular flexibility index (Phi) is 5.76. The smallest absolute Gasteiger partial charge is 0.243 e. The summed E-state index contributed by atoms with van der Waals surface area (Å²) < 4.78 is 0.866. The van der Waals surface area contributed by atoms with Gasteiger partial charge in [0, 0.05) is 4.47 Å². The van der Waals surface area contributed by atoms with Crippen molar-refractivity contribution in [3.05, 3.63) is 55.9 Å². The zero-order valence-corrected chi connectivity index (χ0v) is 14.4. The zero-order valence-electron chi connectivity index (χ0n) is 10.6. The van der Waals surface area contributed by atoms with Gasteiger partial charge in [0.15, 0.2) is 0 Å².